The molecular weight excluding hydrogens is 233 g/mol. The minimum atomic E-state index is -0.302. The van der Waals surface area contributed by atoms with Crippen molar-refractivity contribution >= 4 is 0 Å². The van der Waals surface area contributed by atoms with Crippen LogP contribution in [0, 0.1) is 17.7 Å². The quantitative estimate of drug-likeness (QED) is 0.824. The number of hydrogen-bond donors (Lipinski definition) is 1. The average molecular weight is 249 g/mol. The molecule has 1 aromatic rings. The molecule has 1 aliphatic rings. The maximum atomic E-state index is 13.2. The van der Waals surface area contributed by atoms with E-state index in [4.69, 9.17) is 15.2 Å². The van der Waals surface area contributed by atoms with Crippen LogP contribution in [-0.4, -0.2) is 25.9 Å². The summed E-state index contributed by atoms with van der Waals surface area (Å²) >= 11 is 0. The van der Waals surface area contributed by atoms with Crippen LogP contribution < -0.4 is 5.73 Å². The Labute approximate surface area is 106 Å². The third-order valence-electron chi connectivity index (χ3n) is 2.76. The van der Waals surface area contributed by atoms with Crippen LogP contribution in [0.15, 0.2) is 18.2 Å². The van der Waals surface area contributed by atoms with Gasteiger partial charge in [-0.15, -0.1) is 0 Å². The molecule has 1 saturated heterocycles. The van der Waals surface area contributed by atoms with Crippen molar-refractivity contribution in [1.29, 1.82) is 0 Å². The normalized spacial score (nSPS) is 18.4. The molecule has 1 unspecified atom stereocenters. The monoisotopic (exact) mass is 249 g/mol. The summed E-state index contributed by atoms with van der Waals surface area (Å²) in [5.74, 6) is 5.29. The molecule has 0 aliphatic carbocycles. The Hall–Kier alpha value is -1.41. The molecule has 3 nitrogen and oxygen atoms in total. The van der Waals surface area contributed by atoms with Gasteiger partial charge in [0.1, 0.15) is 5.82 Å². The fourth-order valence-electron chi connectivity index (χ4n) is 1.79. The van der Waals surface area contributed by atoms with Gasteiger partial charge in [-0.1, -0.05) is 17.9 Å². The first kappa shape index (κ1) is 13.0. The van der Waals surface area contributed by atoms with Gasteiger partial charge in [-0.25, -0.2) is 4.39 Å². The van der Waals surface area contributed by atoms with E-state index in [9.17, 15) is 4.39 Å². The zero-order valence-electron chi connectivity index (χ0n) is 10.1. The van der Waals surface area contributed by atoms with Crippen LogP contribution in [0.5, 0.6) is 0 Å². The van der Waals surface area contributed by atoms with Crippen LogP contribution in [0.4, 0.5) is 4.39 Å². The number of ether oxygens (including phenoxy) is 2. The summed E-state index contributed by atoms with van der Waals surface area (Å²) in [6.07, 6.45) is 1.04. The van der Waals surface area contributed by atoms with E-state index in [0.29, 0.717) is 18.8 Å². The van der Waals surface area contributed by atoms with Gasteiger partial charge in [0.25, 0.3) is 0 Å². The molecule has 18 heavy (non-hydrogen) atoms. The van der Waals surface area contributed by atoms with Gasteiger partial charge in [0.2, 0.25) is 0 Å². The van der Waals surface area contributed by atoms with Crippen LogP contribution in [0.25, 0.3) is 0 Å². The van der Waals surface area contributed by atoms with E-state index in [0.717, 1.165) is 18.6 Å². The Kier molecular flexibility index (Phi) is 4.71. The summed E-state index contributed by atoms with van der Waals surface area (Å²) in [4.78, 5) is 0. The molecule has 0 saturated carbocycles. The lowest BCUT2D eigenvalue weighted by Crippen LogP contribution is -2.12. The molecule has 1 aromatic carbocycles. The molecule has 0 radical (unpaired) electrons. The van der Waals surface area contributed by atoms with Crippen molar-refractivity contribution in [2.45, 2.75) is 19.1 Å². The number of rotatable bonds is 3. The Morgan fingerprint density at radius 3 is 3.11 bits per heavy atom. The minimum Gasteiger partial charge on any atom is -0.379 e. The Morgan fingerprint density at radius 1 is 1.50 bits per heavy atom. The van der Waals surface area contributed by atoms with Gasteiger partial charge in [-0.05, 0) is 24.1 Å². The molecule has 4 heteroatoms. The third kappa shape index (κ3) is 3.54. The average Bonchev–Trinajstić information content (AvgIpc) is 2.88. The second kappa shape index (κ2) is 6.50. The lowest BCUT2D eigenvalue weighted by molar-refractivity contribution is 0.0316. The first-order valence-corrected chi connectivity index (χ1v) is 5.96. The molecule has 1 fully saturated rings. The molecule has 1 aliphatic heterocycles. The largest absolute Gasteiger partial charge is 0.379 e. The summed E-state index contributed by atoms with van der Waals surface area (Å²) in [6, 6.07) is 4.52. The predicted octanol–water partition coefficient (Wildman–Crippen LogP) is 1.44. The molecule has 1 heterocycles. The molecule has 96 valence electrons. The molecule has 0 amide bonds. The van der Waals surface area contributed by atoms with Gasteiger partial charge in [-0.2, -0.15) is 0 Å². The summed E-state index contributed by atoms with van der Waals surface area (Å²) in [5, 5.41) is 0. The van der Waals surface area contributed by atoms with E-state index >= 15 is 0 Å². The lowest BCUT2D eigenvalue weighted by Gasteiger charge is -2.11. The van der Waals surface area contributed by atoms with Gasteiger partial charge in [0, 0.05) is 12.2 Å². The fourth-order valence-corrected chi connectivity index (χ4v) is 1.79. The summed E-state index contributed by atoms with van der Waals surface area (Å²) in [5.41, 5.74) is 6.84. The first-order chi connectivity index (χ1) is 8.79. The fraction of sp³-hybridized carbons (Fsp3) is 0.429. The van der Waals surface area contributed by atoms with Crippen molar-refractivity contribution in [1.82, 2.24) is 0 Å². The second-order valence-corrected chi connectivity index (χ2v) is 4.10. The highest BCUT2D eigenvalue weighted by molar-refractivity contribution is 5.41. The maximum absolute atomic E-state index is 13.2. The topological polar surface area (TPSA) is 44.5 Å². The van der Waals surface area contributed by atoms with Gasteiger partial charge >= 0.3 is 0 Å². The van der Waals surface area contributed by atoms with E-state index in [2.05, 4.69) is 11.8 Å². The van der Waals surface area contributed by atoms with Crippen LogP contribution >= 0.6 is 0 Å². The molecule has 0 aromatic heterocycles. The Bertz CT molecular complexity index is 459. The Balaban J connectivity index is 2.05. The zero-order chi connectivity index (χ0) is 12.8. The summed E-state index contributed by atoms with van der Waals surface area (Å²) < 4.78 is 24.1. The highest BCUT2D eigenvalue weighted by Gasteiger charge is 2.16. The number of nitrogens with two attached hydrogens (primary N) is 1. The third-order valence-corrected chi connectivity index (χ3v) is 2.76. The van der Waals surface area contributed by atoms with Crippen LogP contribution in [0.2, 0.25) is 0 Å². The summed E-state index contributed by atoms with van der Waals surface area (Å²) in [7, 11) is 0. The molecule has 0 spiro atoms. The van der Waals surface area contributed by atoms with E-state index in [1.807, 2.05) is 0 Å². The van der Waals surface area contributed by atoms with Crippen molar-refractivity contribution in [3.63, 3.8) is 0 Å². The van der Waals surface area contributed by atoms with E-state index in [1.54, 1.807) is 6.07 Å². The van der Waals surface area contributed by atoms with Crippen LogP contribution in [0.3, 0.4) is 0 Å². The molecular formula is C14H16FNO2. The SMILES string of the molecule is NCC#Cc1cc(F)ccc1COC1CCOC1. The van der Waals surface area contributed by atoms with Crippen molar-refractivity contribution < 1.29 is 13.9 Å². The second-order valence-electron chi connectivity index (χ2n) is 4.10. The van der Waals surface area contributed by atoms with Crippen molar-refractivity contribution in [3.05, 3.63) is 35.1 Å². The molecule has 2 N–H and O–H groups in total. The standard InChI is InChI=1S/C14H16FNO2/c15-13-4-3-12(11(8-13)2-1-6-16)9-18-14-5-7-17-10-14/h3-4,8,14H,5-7,9-10,16H2. The van der Waals surface area contributed by atoms with Gasteiger partial charge in [0.15, 0.2) is 0 Å². The van der Waals surface area contributed by atoms with Crippen LogP contribution in [0.1, 0.15) is 17.5 Å². The number of benzene rings is 1. The maximum Gasteiger partial charge on any atom is 0.124 e. The minimum absolute atomic E-state index is 0.130. The predicted molar refractivity (Wildman–Crippen MR) is 66.3 cm³/mol. The molecule has 1 atom stereocenters. The smallest absolute Gasteiger partial charge is 0.124 e. The zero-order valence-corrected chi connectivity index (χ0v) is 10.1. The van der Waals surface area contributed by atoms with Gasteiger partial charge in [-0.3, -0.25) is 0 Å². The van der Waals surface area contributed by atoms with E-state index in [1.165, 1.54) is 12.1 Å². The number of halogens is 1. The van der Waals surface area contributed by atoms with Crippen molar-refractivity contribution in [2.75, 3.05) is 19.8 Å². The van der Waals surface area contributed by atoms with Crippen molar-refractivity contribution in [2.24, 2.45) is 5.73 Å². The lowest BCUT2D eigenvalue weighted by atomic mass is 10.1. The van der Waals surface area contributed by atoms with E-state index < -0.39 is 0 Å². The highest BCUT2D eigenvalue weighted by Crippen LogP contribution is 2.15. The molecule has 2 rings (SSSR count). The van der Waals surface area contributed by atoms with Crippen LogP contribution in [-0.2, 0) is 16.1 Å². The van der Waals surface area contributed by atoms with E-state index in [-0.39, 0.29) is 18.5 Å². The first-order valence-electron chi connectivity index (χ1n) is 5.96. The van der Waals surface area contributed by atoms with Gasteiger partial charge in [0.05, 0.1) is 25.9 Å². The van der Waals surface area contributed by atoms with Gasteiger partial charge < -0.3 is 15.2 Å². The molecule has 0 bridgehead atoms. The summed E-state index contributed by atoms with van der Waals surface area (Å²) in [6.45, 7) is 2.05. The highest BCUT2D eigenvalue weighted by atomic mass is 19.1. The Morgan fingerprint density at radius 2 is 2.39 bits per heavy atom. The van der Waals surface area contributed by atoms with Crippen molar-refractivity contribution in [3.8, 4) is 11.8 Å². The number of hydrogen-bond acceptors (Lipinski definition) is 3.